The van der Waals surface area contributed by atoms with Gasteiger partial charge in [0.2, 0.25) is 0 Å². The van der Waals surface area contributed by atoms with Gasteiger partial charge in [0.25, 0.3) is 11.8 Å². The second-order valence-electron chi connectivity index (χ2n) is 7.64. The zero-order chi connectivity index (χ0) is 22.8. The lowest BCUT2D eigenvalue weighted by Gasteiger charge is -2.36. The molecule has 7 nitrogen and oxygen atoms in total. The zero-order valence-corrected chi connectivity index (χ0v) is 19.2. The fraction of sp³-hybridized carbons (Fsp3) is 0.333. The first-order valence-corrected chi connectivity index (χ1v) is 10.9. The summed E-state index contributed by atoms with van der Waals surface area (Å²) in [7, 11) is 3.05. The van der Waals surface area contributed by atoms with Gasteiger partial charge in [-0.2, -0.15) is 0 Å². The molecule has 0 aromatic heterocycles. The number of methoxy groups -OCH3 is 2. The lowest BCUT2D eigenvalue weighted by Crippen LogP contribution is -2.47. The molecule has 32 heavy (non-hydrogen) atoms. The predicted octanol–water partition coefficient (Wildman–Crippen LogP) is 3.28. The summed E-state index contributed by atoms with van der Waals surface area (Å²) in [5, 5.41) is 0.565. The van der Waals surface area contributed by atoms with E-state index in [1.807, 2.05) is 4.90 Å². The van der Waals surface area contributed by atoms with Crippen LogP contribution in [0.3, 0.4) is 0 Å². The van der Waals surface area contributed by atoms with E-state index >= 15 is 0 Å². The number of imide groups is 1. The Bertz CT molecular complexity index is 1060. The van der Waals surface area contributed by atoms with E-state index in [0.29, 0.717) is 52.1 Å². The van der Waals surface area contributed by atoms with E-state index in [-0.39, 0.29) is 5.91 Å². The third kappa shape index (κ3) is 3.94. The molecule has 2 aliphatic heterocycles. The quantitative estimate of drug-likeness (QED) is 0.623. The van der Waals surface area contributed by atoms with Crippen LogP contribution in [-0.4, -0.2) is 68.6 Å². The van der Waals surface area contributed by atoms with Crippen LogP contribution in [0.5, 0.6) is 11.5 Å². The van der Waals surface area contributed by atoms with Gasteiger partial charge in [-0.25, -0.2) is 4.90 Å². The number of hydrogen-bond acceptors (Lipinski definition) is 6. The molecule has 168 valence electrons. The Balaban J connectivity index is 1.81. The van der Waals surface area contributed by atoms with Gasteiger partial charge in [-0.3, -0.25) is 9.59 Å². The first kappa shape index (κ1) is 22.2. The van der Waals surface area contributed by atoms with Gasteiger partial charge in [0.05, 0.1) is 25.5 Å². The van der Waals surface area contributed by atoms with E-state index in [2.05, 4.69) is 11.8 Å². The number of nitrogens with zero attached hydrogens (tertiary/aromatic N) is 3. The Hall–Kier alpha value is -3.03. The summed E-state index contributed by atoms with van der Waals surface area (Å²) in [6.07, 6.45) is 0. The summed E-state index contributed by atoms with van der Waals surface area (Å²) in [4.78, 5) is 33.0. The van der Waals surface area contributed by atoms with Crippen LogP contribution in [0.2, 0.25) is 5.02 Å². The maximum Gasteiger partial charge on any atom is 0.282 e. The van der Waals surface area contributed by atoms with Crippen LogP contribution in [0, 0.1) is 0 Å². The van der Waals surface area contributed by atoms with Gasteiger partial charge in [0.1, 0.15) is 17.2 Å². The minimum atomic E-state index is -0.392. The standard InChI is InChI=1S/C24H26ClN3O4/c1-4-26-11-13-27(14-12-26)22-21(16-5-7-17(25)8-6-16)23(29)28(24(22)30)19-15-18(31-2)9-10-20(19)32-3/h5-10,15H,4,11-14H2,1-3H3. The van der Waals surface area contributed by atoms with Crippen molar-refractivity contribution in [2.75, 3.05) is 51.8 Å². The van der Waals surface area contributed by atoms with Crippen molar-refractivity contribution in [1.29, 1.82) is 0 Å². The second kappa shape index (κ2) is 9.22. The number of anilines is 1. The van der Waals surface area contributed by atoms with E-state index in [0.717, 1.165) is 19.6 Å². The summed E-state index contributed by atoms with van der Waals surface area (Å²) in [6, 6.07) is 12.1. The van der Waals surface area contributed by atoms with Crippen LogP contribution in [0.4, 0.5) is 5.69 Å². The third-order valence-corrected chi connectivity index (χ3v) is 6.21. The van der Waals surface area contributed by atoms with Gasteiger partial charge in [-0.15, -0.1) is 0 Å². The van der Waals surface area contributed by atoms with Gasteiger partial charge in [-0.05, 0) is 36.4 Å². The summed E-state index contributed by atoms with van der Waals surface area (Å²) in [5.74, 6) is 0.188. The van der Waals surface area contributed by atoms with Gasteiger partial charge >= 0.3 is 0 Å². The smallest absolute Gasteiger partial charge is 0.282 e. The molecule has 2 heterocycles. The molecular weight excluding hydrogens is 430 g/mol. The van der Waals surface area contributed by atoms with Crippen LogP contribution in [0.25, 0.3) is 5.57 Å². The minimum Gasteiger partial charge on any atom is -0.497 e. The Morgan fingerprint density at radius 2 is 1.59 bits per heavy atom. The van der Waals surface area contributed by atoms with E-state index in [4.69, 9.17) is 21.1 Å². The van der Waals surface area contributed by atoms with Crippen molar-refractivity contribution in [3.8, 4) is 11.5 Å². The fourth-order valence-corrected chi connectivity index (χ4v) is 4.29. The highest BCUT2D eigenvalue weighted by Crippen LogP contribution is 2.40. The van der Waals surface area contributed by atoms with Crippen LogP contribution in [0.15, 0.2) is 48.2 Å². The normalized spacial score (nSPS) is 17.4. The topological polar surface area (TPSA) is 62.3 Å². The van der Waals surface area contributed by atoms with E-state index in [1.54, 1.807) is 42.5 Å². The van der Waals surface area contributed by atoms with Gasteiger partial charge in [0, 0.05) is 37.3 Å². The average Bonchev–Trinajstić information content (AvgIpc) is 3.09. The number of carbonyl (C=O) groups is 2. The fourth-order valence-electron chi connectivity index (χ4n) is 4.17. The van der Waals surface area contributed by atoms with Crippen LogP contribution in [-0.2, 0) is 9.59 Å². The van der Waals surface area contributed by atoms with Crippen molar-refractivity contribution in [2.24, 2.45) is 0 Å². The second-order valence-corrected chi connectivity index (χ2v) is 8.07. The molecule has 0 unspecified atom stereocenters. The SMILES string of the molecule is CCN1CCN(C2=C(c3ccc(Cl)cc3)C(=O)N(c3cc(OC)ccc3OC)C2=O)CC1. The van der Waals surface area contributed by atoms with Crippen molar-refractivity contribution < 1.29 is 19.1 Å². The first-order chi connectivity index (χ1) is 15.5. The number of benzene rings is 2. The number of likely N-dealkylation sites (N-methyl/N-ethyl adjacent to an activating group) is 1. The molecular formula is C24H26ClN3O4. The first-order valence-electron chi connectivity index (χ1n) is 10.6. The summed E-state index contributed by atoms with van der Waals surface area (Å²) in [5.41, 5.74) is 1.81. The molecule has 0 spiro atoms. The Morgan fingerprint density at radius 3 is 2.19 bits per heavy atom. The molecule has 0 atom stereocenters. The number of hydrogen-bond donors (Lipinski definition) is 0. The zero-order valence-electron chi connectivity index (χ0n) is 18.4. The molecule has 0 bridgehead atoms. The number of piperazine rings is 1. The molecule has 0 N–H and O–H groups in total. The molecule has 0 saturated carbocycles. The van der Waals surface area contributed by atoms with Gasteiger partial charge < -0.3 is 19.3 Å². The van der Waals surface area contributed by atoms with E-state index < -0.39 is 5.91 Å². The maximum atomic E-state index is 13.8. The van der Waals surface area contributed by atoms with E-state index in [1.165, 1.54) is 19.1 Å². The van der Waals surface area contributed by atoms with Gasteiger partial charge in [-0.1, -0.05) is 30.7 Å². The molecule has 0 radical (unpaired) electrons. The maximum absolute atomic E-state index is 13.8. The van der Waals surface area contributed by atoms with Crippen molar-refractivity contribution in [3.05, 3.63) is 58.7 Å². The average molecular weight is 456 g/mol. The predicted molar refractivity (Wildman–Crippen MR) is 124 cm³/mol. The molecule has 0 aliphatic carbocycles. The summed E-state index contributed by atoms with van der Waals surface area (Å²) in [6.45, 7) is 6.08. The van der Waals surface area contributed by atoms with Crippen molar-refractivity contribution in [2.45, 2.75) is 6.92 Å². The van der Waals surface area contributed by atoms with Crippen molar-refractivity contribution in [3.63, 3.8) is 0 Å². The Morgan fingerprint density at radius 1 is 0.906 bits per heavy atom. The number of halogens is 1. The molecule has 1 saturated heterocycles. The summed E-state index contributed by atoms with van der Waals surface area (Å²) < 4.78 is 10.8. The third-order valence-electron chi connectivity index (χ3n) is 5.95. The number of rotatable bonds is 6. The Labute approximate surface area is 192 Å². The molecule has 2 amide bonds. The molecule has 1 fully saturated rings. The van der Waals surface area contributed by atoms with Crippen molar-refractivity contribution >= 4 is 34.7 Å². The van der Waals surface area contributed by atoms with Crippen LogP contribution in [0.1, 0.15) is 12.5 Å². The highest BCUT2D eigenvalue weighted by atomic mass is 35.5. The lowest BCUT2D eigenvalue weighted by molar-refractivity contribution is -0.120. The van der Waals surface area contributed by atoms with Crippen molar-refractivity contribution in [1.82, 2.24) is 9.80 Å². The molecule has 2 aliphatic rings. The number of amides is 2. The molecule has 4 rings (SSSR count). The molecule has 8 heteroatoms. The minimum absolute atomic E-state index is 0.357. The molecule has 2 aromatic carbocycles. The highest BCUT2D eigenvalue weighted by Gasteiger charge is 2.44. The lowest BCUT2D eigenvalue weighted by atomic mass is 10.0. The van der Waals surface area contributed by atoms with Crippen LogP contribution < -0.4 is 14.4 Å². The highest BCUT2D eigenvalue weighted by molar-refractivity contribution is 6.45. The largest absolute Gasteiger partial charge is 0.497 e. The van der Waals surface area contributed by atoms with Crippen LogP contribution >= 0.6 is 11.6 Å². The van der Waals surface area contributed by atoms with Gasteiger partial charge in [0.15, 0.2) is 0 Å². The number of carbonyl (C=O) groups excluding carboxylic acids is 2. The monoisotopic (exact) mass is 455 g/mol. The Kier molecular flexibility index (Phi) is 6.39. The number of ether oxygens (including phenoxy) is 2. The van der Waals surface area contributed by atoms with E-state index in [9.17, 15) is 9.59 Å². The summed E-state index contributed by atoms with van der Waals surface area (Å²) >= 11 is 6.07. The molecule has 2 aromatic rings.